The zero-order valence-electron chi connectivity index (χ0n) is 8.10. The first-order valence-corrected chi connectivity index (χ1v) is 6.99. The summed E-state index contributed by atoms with van der Waals surface area (Å²) in [6.45, 7) is 1.92. The lowest BCUT2D eigenvalue weighted by Gasteiger charge is -2.08. The maximum atomic E-state index is 11.6. The van der Waals surface area contributed by atoms with Crippen molar-refractivity contribution in [2.24, 2.45) is 5.92 Å². The third kappa shape index (κ3) is 3.73. The molecule has 0 fully saturated rings. The number of nitrogens with one attached hydrogen (secondary N) is 1. The van der Waals surface area contributed by atoms with Gasteiger partial charge in [-0.2, -0.15) is 0 Å². The van der Waals surface area contributed by atoms with Gasteiger partial charge in [0.2, 0.25) is 10.0 Å². The van der Waals surface area contributed by atoms with Crippen LogP contribution in [0.5, 0.6) is 0 Å². The van der Waals surface area contributed by atoms with E-state index in [1.165, 1.54) is 12.1 Å². The molecule has 4 nitrogen and oxygen atoms in total. The molecular weight excluding hydrogens is 258 g/mol. The summed E-state index contributed by atoms with van der Waals surface area (Å²) in [5.74, 6) is -0.102. The van der Waals surface area contributed by atoms with Crippen LogP contribution in [0.2, 0.25) is 4.34 Å². The van der Waals surface area contributed by atoms with E-state index in [9.17, 15) is 8.42 Å². The lowest BCUT2D eigenvalue weighted by atomic mass is 10.2. The minimum absolute atomic E-state index is 0.0479. The molecule has 0 saturated heterocycles. The van der Waals surface area contributed by atoms with Gasteiger partial charge >= 0.3 is 0 Å². The third-order valence-corrected chi connectivity index (χ3v) is 4.89. The Bertz CT molecular complexity index is 415. The molecule has 0 aliphatic heterocycles. The molecule has 0 aromatic carbocycles. The van der Waals surface area contributed by atoms with Crippen LogP contribution in [0.4, 0.5) is 0 Å². The Kier molecular flexibility index (Phi) is 4.54. The Morgan fingerprint density at radius 1 is 1.60 bits per heavy atom. The van der Waals surface area contributed by atoms with Crippen molar-refractivity contribution in [2.45, 2.75) is 11.1 Å². The van der Waals surface area contributed by atoms with E-state index >= 15 is 0 Å². The van der Waals surface area contributed by atoms with Gasteiger partial charge in [-0.1, -0.05) is 18.5 Å². The number of sulfonamides is 1. The van der Waals surface area contributed by atoms with Crippen LogP contribution in [0.1, 0.15) is 6.92 Å². The second kappa shape index (κ2) is 5.27. The molecule has 0 amide bonds. The maximum absolute atomic E-state index is 11.6. The van der Waals surface area contributed by atoms with Gasteiger partial charge in [0.05, 0.1) is 4.34 Å². The highest BCUT2D eigenvalue weighted by atomic mass is 35.5. The SMILES string of the molecule is CC(CO)CNS(=O)(=O)c1ccc(Cl)s1. The lowest BCUT2D eigenvalue weighted by molar-refractivity contribution is 0.238. The van der Waals surface area contributed by atoms with Gasteiger partial charge in [-0.25, -0.2) is 13.1 Å². The molecule has 86 valence electrons. The molecule has 0 aliphatic carbocycles. The van der Waals surface area contributed by atoms with Crippen LogP contribution in [0, 0.1) is 5.92 Å². The average Bonchev–Trinajstić information content (AvgIpc) is 2.62. The largest absolute Gasteiger partial charge is 0.396 e. The summed E-state index contributed by atoms with van der Waals surface area (Å²) in [5, 5.41) is 8.75. The fourth-order valence-electron chi connectivity index (χ4n) is 0.830. The fourth-order valence-corrected chi connectivity index (χ4v) is 3.52. The molecule has 0 saturated carbocycles. The van der Waals surface area contributed by atoms with E-state index in [0.29, 0.717) is 4.34 Å². The normalized spacial score (nSPS) is 14.1. The maximum Gasteiger partial charge on any atom is 0.250 e. The van der Waals surface area contributed by atoms with E-state index in [-0.39, 0.29) is 23.3 Å². The first-order chi connectivity index (χ1) is 6.95. The minimum atomic E-state index is -3.47. The van der Waals surface area contributed by atoms with Gasteiger partial charge in [-0.3, -0.25) is 0 Å². The average molecular weight is 270 g/mol. The summed E-state index contributed by atoms with van der Waals surface area (Å²) in [6.07, 6.45) is 0. The van der Waals surface area contributed by atoms with Crippen LogP contribution in [0.15, 0.2) is 16.3 Å². The van der Waals surface area contributed by atoms with Crippen LogP contribution >= 0.6 is 22.9 Å². The van der Waals surface area contributed by atoms with E-state index in [1.54, 1.807) is 6.92 Å². The molecule has 0 radical (unpaired) electrons. The summed E-state index contributed by atoms with van der Waals surface area (Å²) in [4.78, 5) is 0. The second-order valence-corrected chi connectivity index (χ2v) is 6.91. The third-order valence-electron chi connectivity index (χ3n) is 1.75. The quantitative estimate of drug-likeness (QED) is 0.847. The van der Waals surface area contributed by atoms with Crippen molar-refractivity contribution in [1.82, 2.24) is 4.72 Å². The number of halogens is 1. The second-order valence-electron chi connectivity index (χ2n) is 3.20. The van der Waals surface area contributed by atoms with Crippen molar-refractivity contribution < 1.29 is 13.5 Å². The summed E-state index contributed by atoms with van der Waals surface area (Å²) < 4.78 is 26.3. The molecule has 1 atom stereocenters. The van der Waals surface area contributed by atoms with Crippen LogP contribution in [-0.2, 0) is 10.0 Å². The number of aliphatic hydroxyl groups is 1. The predicted molar refractivity (Wildman–Crippen MR) is 60.8 cm³/mol. The van der Waals surface area contributed by atoms with Crippen molar-refractivity contribution in [3.63, 3.8) is 0 Å². The molecule has 1 rings (SSSR count). The van der Waals surface area contributed by atoms with Crippen LogP contribution < -0.4 is 4.72 Å². The molecule has 1 unspecified atom stereocenters. The van der Waals surface area contributed by atoms with Gasteiger partial charge in [0.25, 0.3) is 0 Å². The topological polar surface area (TPSA) is 66.4 Å². The van der Waals surface area contributed by atoms with Crippen molar-refractivity contribution in [3.8, 4) is 0 Å². The molecule has 7 heteroatoms. The molecule has 15 heavy (non-hydrogen) atoms. The number of rotatable bonds is 5. The molecule has 1 aromatic rings. The summed E-state index contributed by atoms with van der Waals surface area (Å²) in [6, 6.07) is 3.00. The highest BCUT2D eigenvalue weighted by molar-refractivity contribution is 7.91. The Hall–Kier alpha value is -0.140. The number of thiophene rings is 1. The smallest absolute Gasteiger partial charge is 0.250 e. The first kappa shape index (κ1) is 12.9. The molecular formula is C8H12ClNO3S2. The lowest BCUT2D eigenvalue weighted by Crippen LogP contribution is -2.29. The molecule has 2 N–H and O–H groups in total. The van der Waals surface area contributed by atoms with Crippen molar-refractivity contribution in [2.75, 3.05) is 13.2 Å². The Balaban J connectivity index is 2.68. The van der Waals surface area contributed by atoms with Gasteiger partial charge < -0.3 is 5.11 Å². The van der Waals surface area contributed by atoms with E-state index in [2.05, 4.69) is 4.72 Å². The van der Waals surface area contributed by atoms with E-state index < -0.39 is 10.0 Å². The molecule has 0 bridgehead atoms. The van der Waals surface area contributed by atoms with E-state index in [4.69, 9.17) is 16.7 Å². The predicted octanol–water partition coefficient (Wildman–Crippen LogP) is 1.31. The van der Waals surface area contributed by atoms with E-state index in [0.717, 1.165) is 11.3 Å². The first-order valence-electron chi connectivity index (χ1n) is 4.31. The van der Waals surface area contributed by atoms with Crippen molar-refractivity contribution in [3.05, 3.63) is 16.5 Å². The summed E-state index contributed by atoms with van der Waals surface area (Å²) in [7, 11) is -3.47. The van der Waals surface area contributed by atoms with Gasteiger partial charge in [-0.05, 0) is 18.1 Å². The Morgan fingerprint density at radius 2 is 2.27 bits per heavy atom. The Morgan fingerprint density at radius 3 is 2.73 bits per heavy atom. The van der Waals surface area contributed by atoms with Gasteiger partial charge in [0.15, 0.2) is 0 Å². The van der Waals surface area contributed by atoms with Crippen LogP contribution in [0.25, 0.3) is 0 Å². The van der Waals surface area contributed by atoms with Gasteiger partial charge in [0, 0.05) is 13.2 Å². The fraction of sp³-hybridized carbons (Fsp3) is 0.500. The standard InChI is InChI=1S/C8H12ClNO3S2/c1-6(5-11)4-10-15(12,13)8-3-2-7(9)14-8/h2-3,6,10-11H,4-5H2,1H3. The highest BCUT2D eigenvalue weighted by Gasteiger charge is 2.16. The van der Waals surface area contributed by atoms with Crippen molar-refractivity contribution in [1.29, 1.82) is 0 Å². The van der Waals surface area contributed by atoms with E-state index in [1.807, 2.05) is 0 Å². The molecule has 0 spiro atoms. The molecule has 0 aliphatic rings. The zero-order chi connectivity index (χ0) is 11.5. The van der Waals surface area contributed by atoms with Gasteiger partial charge in [0.1, 0.15) is 4.21 Å². The number of aliphatic hydroxyl groups excluding tert-OH is 1. The zero-order valence-corrected chi connectivity index (χ0v) is 10.5. The summed E-state index contributed by atoms with van der Waals surface area (Å²) >= 11 is 6.65. The Labute approximate surface area is 97.9 Å². The molecule has 1 aromatic heterocycles. The van der Waals surface area contributed by atoms with Crippen LogP contribution in [0.3, 0.4) is 0 Å². The highest BCUT2D eigenvalue weighted by Crippen LogP contribution is 2.25. The number of hydrogen-bond acceptors (Lipinski definition) is 4. The monoisotopic (exact) mass is 269 g/mol. The van der Waals surface area contributed by atoms with Crippen LogP contribution in [-0.4, -0.2) is 26.7 Å². The van der Waals surface area contributed by atoms with Crippen molar-refractivity contribution >= 4 is 33.0 Å². The summed E-state index contributed by atoms with van der Waals surface area (Å²) in [5.41, 5.74) is 0. The molecule has 1 heterocycles. The minimum Gasteiger partial charge on any atom is -0.396 e. The number of hydrogen-bond donors (Lipinski definition) is 2. The van der Waals surface area contributed by atoms with Gasteiger partial charge in [-0.15, -0.1) is 11.3 Å².